The van der Waals surface area contributed by atoms with E-state index in [0.29, 0.717) is 5.69 Å². The zero-order valence-electron chi connectivity index (χ0n) is 11.4. The van der Waals surface area contributed by atoms with Crippen molar-refractivity contribution in [1.82, 2.24) is 10.3 Å². The van der Waals surface area contributed by atoms with Crippen LogP contribution in [-0.2, 0) is 4.74 Å². The molecule has 0 radical (unpaired) electrons. The van der Waals surface area contributed by atoms with E-state index in [0.717, 1.165) is 5.01 Å². The second-order valence-electron chi connectivity index (χ2n) is 5.16. The van der Waals surface area contributed by atoms with E-state index in [9.17, 15) is 9.90 Å². The van der Waals surface area contributed by atoms with Crippen LogP contribution in [0.25, 0.3) is 0 Å². The molecule has 0 aliphatic heterocycles. The predicted octanol–water partition coefficient (Wildman–Crippen LogP) is 2.40. The van der Waals surface area contributed by atoms with Crippen molar-refractivity contribution in [2.75, 3.05) is 0 Å². The fourth-order valence-electron chi connectivity index (χ4n) is 1.40. The lowest BCUT2D eigenvalue weighted by Gasteiger charge is -2.24. The van der Waals surface area contributed by atoms with Crippen LogP contribution in [0, 0.1) is 6.92 Å². The summed E-state index contributed by atoms with van der Waals surface area (Å²) in [6, 6.07) is -0.551. The highest BCUT2D eigenvalue weighted by atomic mass is 32.1. The maximum Gasteiger partial charge on any atom is 0.408 e. The number of amides is 1. The number of carbonyl (C=O) groups is 1. The molecule has 6 heteroatoms. The number of hydrogen-bond acceptors (Lipinski definition) is 5. The lowest BCUT2D eigenvalue weighted by atomic mass is 10.1. The molecule has 0 bridgehead atoms. The minimum atomic E-state index is -0.737. The van der Waals surface area contributed by atoms with Gasteiger partial charge in [0, 0.05) is 5.38 Å². The Hall–Kier alpha value is -1.14. The van der Waals surface area contributed by atoms with Gasteiger partial charge in [-0.15, -0.1) is 11.3 Å². The van der Waals surface area contributed by atoms with Crippen LogP contribution in [0.15, 0.2) is 5.38 Å². The van der Waals surface area contributed by atoms with E-state index >= 15 is 0 Å². The number of carbonyl (C=O) groups excluding carboxylic acids is 1. The summed E-state index contributed by atoms with van der Waals surface area (Å²) in [6.07, 6.45) is -1.29. The highest BCUT2D eigenvalue weighted by Crippen LogP contribution is 2.20. The van der Waals surface area contributed by atoms with Crippen LogP contribution < -0.4 is 5.32 Å². The molecule has 2 unspecified atom stereocenters. The second kappa shape index (κ2) is 5.67. The van der Waals surface area contributed by atoms with Crippen LogP contribution >= 0.6 is 11.3 Å². The Bertz CT molecular complexity index is 410. The SMILES string of the molecule is Cc1nc(C(NC(=O)OC(C)(C)C)C(C)O)cs1. The minimum Gasteiger partial charge on any atom is -0.444 e. The largest absolute Gasteiger partial charge is 0.444 e. The Balaban J connectivity index is 2.73. The van der Waals surface area contributed by atoms with E-state index in [1.165, 1.54) is 11.3 Å². The van der Waals surface area contributed by atoms with Crippen molar-refractivity contribution in [3.05, 3.63) is 16.1 Å². The van der Waals surface area contributed by atoms with Gasteiger partial charge in [0.25, 0.3) is 0 Å². The van der Waals surface area contributed by atoms with Gasteiger partial charge in [-0.3, -0.25) is 0 Å². The molecule has 0 spiro atoms. The fraction of sp³-hybridized carbons (Fsp3) is 0.667. The molecule has 0 saturated carbocycles. The second-order valence-corrected chi connectivity index (χ2v) is 6.22. The molecule has 0 aliphatic rings. The van der Waals surface area contributed by atoms with Crippen LogP contribution in [0.5, 0.6) is 0 Å². The molecule has 5 nitrogen and oxygen atoms in total. The molecule has 1 aromatic rings. The number of ether oxygens (including phenoxy) is 1. The summed E-state index contributed by atoms with van der Waals surface area (Å²) < 4.78 is 5.16. The van der Waals surface area contributed by atoms with Gasteiger partial charge in [0.1, 0.15) is 11.6 Å². The molecule has 1 heterocycles. The molecule has 2 N–H and O–H groups in total. The van der Waals surface area contributed by atoms with E-state index in [1.807, 2.05) is 12.3 Å². The molecule has 0 aliphatic carbocycles. The standard InChI is InChI=1S/C12H20N2O3S/c1-7(15)10(9-6-18-8(2)13-9)14-11(16)17-12(3,4)5/h6-7,10,15H,1-5H3,(H,14,16). The molecular formula is C12H20N2O3S. The normalized spacial score (nSPS) is 15.0. The van der Waals surface area contributed by atoms with Crippen molar-refractivity contribution < 1.29 is 14.6 Å². The average molecular weight is 272 g/mol. The van der Waals surface area contributed by atoms with Gasteiger partial charge < -0.3 is 15.2 Å². The summed E-state index contributed by atoms with van der Waals surface area (Å²) in [5.41, 5.74) is 0.0871. The molecule has 18 heavy (non-hydrogen) atoms. The maximum absolute atomic E-state index is 11.7. The fourth-order valence-corrected chi connectivity index (χ4v) is 2.05. The number of alkyl carbamates (subject to hydrolysis) is 1. The van der Waals surface area contributed by atoms with Gasteiger partial charge in [0.05, 0.1) is 16.8 Å². The first-order chi connectivity index (χ1) is 8.19. The summed E-state index contributed by atoms with van der Waals surface area (Å²) in [5.74, 6) is 0. The van der Waals surface area contributed by atoms with Crippen molar-refractivity contribution in [3.8, 4) is 0 Å². The van der Waals surface area contributed by atoms with Gasteiger partial charge in [-0.1, -0.05) is 0 Å². The number of aliphatic hydroxyl groups excluding tert-OH is 1. The van der Waals surface area contributed by atoms with Crippen molar-refractivity contribution in [1.29, 1.82) is 0 Å². The Morgan fingerprint density at radius 1 is 1.56 bits per heavy atom. The molecular weight excluding hydrogens is 252 g/mol. The van der Waals surface area contributed by atoms with E-state index in [4.69, 9.17) is 4.74 Å². The van der Waals surface area contributed by atoms with Gasteiger partial charge in [0.2, 0.25) is 0 Å². The molecule has 1 rings (SSSR count). The quantitative estimate of drug-likeness (QED) is 0.886. The Labute approximate surface area is 111 Å². The van der Waals surface area contributed by atoms with Crippen LogP contribution in [0.1, 0.15) is 44.4 Å². The third kappa shape index (κ3) is 4.62. The maximum atomic E-state index is 11.7. The smallest absolute Gasteiger partial charge is 0.408 e. The van der Waals surface area contributed by atoms with Gasteiger partial charge in [0.15, 0.2) is 0 Å². The third-order valence-electron chi connectivity index (χ3n) is 2.11. The van der Waals surface area contributed by atoms with Crippen molar-refractivity contribution in [3.63, 3.8) is 0 Å². The lowest BCUT2D eigenvalue weighted by molar-refractivity contribution is 0.0433. The van der Waals surface area contributed by atoms with Crippen LogP contribution in [-0.4, -0.2) is 27.9 Å². The monoisotopic (exact) mass is 272 g/mol. The van der Waals surface area contributed by atoms with Gasteiger partial charge in [-0.25, -0.2) is 9.78 Å². The third-order valence-corrected chi connectivity index (χ3v) is 2.90. The number of aryl methyl sites for hydroxylation is 1. The molecule has 2 atom stereocenters. The number of thiazole rings is 1. The van der Waals surface area contributed by atoms with Gasteiger partial charge in [-0.2, -0.15) is 0 Å². The summed E-state index contributed by atoms with van der Waals surface area (Å²) in [7, 11) is 0. The van der Waals surface area contributed by atoms with E-state index in [2.05, 4.69) is 10.3 Å². The Kier molecular flexibility index (Phi) is 4.70. The topological polar surface area (TPSA) is 71.5 Å². The Morgan fingerprint density at radius 2 is 2.17 bits per heavy atom. The first kappa shape index (κ1) is 14.9. The summed E-state index contributed by atoms with van der Waals surface area (Å²) >= 11 is 1.48. The minimum absolute atomic E-state index is 0.551. The van der Waals surface area contributed by atoms with Crippen molar-refractivity contribution >= 4 is 17.4 Å². The first-order valence-electron chi connectivity index (χ1n) is 5.78. The number of hydrogen-bond donors (Lipinski definition) is 2. The first-order valence-corrected chi connectivity index (χ1v) is 6.66. The zero-order chi connectivity index (χ0) is 13.9. The summed E-state index contributed by atoms with van der Waals surface area (Å²) in [4.78, 5) is 16.0. The molecule has 0 aromatic carbocycles. The highest BCUT2D eigenvalue weighted by Gasteiger charge is 2.25. The molecule has 1 aromatic heterocycles. The van der Waals surface area contributed by atoms with Crippen LogP contribution in [0.3, 0.4) is 0 Å². The molecule has 1 amide bonds. The van der Waals surface area contributed by atoms with Crippen LogP contribution in [0.4, 0.5) is 4.79 Å². The predicted molar refractivity (Wildman–Crippen MR) is 70.6 cm³/mol. The number of rotatable bonds is 3. The Morgan fingerprint density at radius 3 is 2.56 bits per heavy atom. The molecule has 0 saturated heterocycles. The number of nitrogens with one attached hydrogen (secondary N) is 1. The van der Waals surface area contributed by atoms with E-state index in [-0.39, 0.29) is 0 Å². The van der Waals surface area contributed by atoms with Crippen molar-refractivity contribution in [2.24, 2.45) is 0 Å². The molecule has 102 valence electrons. The summed E-state index contributed by atoms with van der Waals surface area (Å²) in [5, 5.41) is 15.1. The number of aliphatic hydroxyl groups is 1. The highest BCUT2D eigenvalue weighted by molar-refractivity contribution is 7.09. The van der Waals surface area contributed by atoms with Crippen molar-refractivity contribution in [2.45, 2.75) is 52.4 Å². The van der Waals surface area contributed by atoms with Gasteiger partial charge >= 0.3 is 6.09 Å². The van der Waals surface area contributed by atoms with E-state index in [1.54, 1.807) is 27.7 Å². The summed E-state index contributed by atoms with van der Waals surface area (Å²) in [6.45, 7) is 8.85. The average Bonchev–Trinajstić information content (AvgIpc) is 2.57. The van der Waals surface area contributed by atoms with E-state index < -0.39 is 23.8 Å². The molecule has 0 fully saturated rings. The lowest BCUT2D eigenvalue weighted by Crippen LogP contribution is -2.39. The number of nitrogens with zero attached hydrogens (tertiary/aromatic N) is 1. The van der Waals surface area contributed by atoms with Gasteiger partial charge in [-0.05, 0) is 34.6 Å². The van der Waals surface area contributed by atoms with Crippen LogP contribution in [0.2, 0.25) is 0 Å². The zero-order valence-corrected chi connectivity index (χ0v) is 12.2. The number of aromatic nitrogens is 1.